The molecule has 0 saturated carbocycles. The lowest BCUT2D eigenvalue weighted by Gasteiger charge is -2.37. The highest BCUT2D eigenvalue weighted by Gasteiger charge is 2.27. The molecule has 2 aromatic carbocycles. The van der Waals surface area contributed by atoms with E-state index in [1.54, 1.807) is 27.9 Å². The maximum absolute atomic E-state index is 14.0. The second kappa shape index (κ2) is 8.94. The van der Waals surface area contributed by atoms with Crippen LogP contribution in [0.3, 0.4) is 0 Å². The van der Waals surface area contributed by atoms with Crippen molar-refractivity contribution < 1.29 is 13.9 Å². The van der Waals surface area contributed by atoms with Crippen molar-refractivity contribution in [2.45, 2.75) is 19.6 Å². The van der Waals surface area contributed by atoms with E-state index in [4.69, 9.17) is 4.74 Å². The fraction of sp³-hybridized carbons (Fsp3) is 0.318. The predicted octanol–water partition coefficient (Wildman–Crippen LogP) is 2.91. The summed E-state index contributed by atoms with van der Waals surface area (Å²) in [6, 6.07) is 15.7. The van der Waals surface area contributed by atoms with Gasteiger partial charge in [0.05, 0.1) is 11.9 Å². The molecule has 0 N–H and O–H groups in total. The van der Waals surface area contributed by atoms with Gasteiger partial charge in [-0.2, -0.15) is 0 Å². The molecule has 0 spiro atoms. The molecule has 1 saturated heterocycles. The third-order valence-electron chi connectivity index (χ3n) is 5.23. The first kappa shape index (κ1) is 19.9. The number of benzene rings is 2. The standard InChI is InChI=1S/C22H24FN5O2/c1-17(28-15-18(24-25-28)16-30-19-7-3-2-4-8-19)22(29)27-13-11-26(12-14-27)21-10-6-5-9-20(21)23/h2-10,15,17H,11-14,16H2,1H3/t17-/m1/s1. The first-order chi connectivity index (χ1) is 14.6. The molecule has 1 aromatic heterocycles. The molecule has 4 rings (SSSR count). The number of aromatic nitrogens is 3. The molecule has 1 atom stereocenters. The Labute approximate surface area is 174 Å². The van der Waals surface area contributed by atoms with E-state index in [2.05, 4.69) is 10.3 Å². The Hall–Kier alpha value is -3.42. The van der Waals surface area contributed by atoms with Gasteiger partial charge < -0.3 is 14.5 Å². The van der Waals surface area contributed by atoms with Gasteiger partial charge in [-0.15, -0.1) is 5.10 Å². The molecule has 0 bridgehead atoms. The van der Waals surface area contributed by atoms with Crippen LogP contribution in [0.4, 0.5) is 10.1 Å². The third-order valence-corrected chi connectivity index (χ3v) is 5.23. The molecule has 2 heterocycles. The van der Waals surface area contributed by atoms with Crippen LogP contribution in [0, 0.1) is 5.82 Å². The molecule has 7 nitrogen and oxygen atoms in total. The van der Waals surface area contributed by atoms with Crippen LogP contribution in [-0.4, -0.2) is 52.0 Å². The quantitative estimate of drug-likeness (QED) is 0.627. The fourth-order valence-electron chi connectivity index (χ4n) is 3.50. The Morgan fingerprint density at radius 1 is 1.07 bits per heavy atom. The van der Waals surface area contributed by atoms with Crippen LogP contribution in [0.1, 0.15) is 18.7 Å². The number of halogens is 1. The van der Waals surface area contributed by atoms with E-state index in [1.165, 1.54) is 6.07 Å². The second-order valence-corrected chi connectivity index (χ2v) is 7.23. The minimum absolute atomic E-state index is 0.0244. The van der Waals surface area contributed by atoms with E-state index in [-0.39, 0.29) is 18.3 Å². The minimum Gasteiger partial charge on any atom is -0.487 e. The van der Waals surface area contributed by atoms with Crippen LogP contribution < -0.4 is 9.64 Å². The van der Waals surface area contributed by atoms with Gasteiger partial charge in [0, 0.05) is 26.2 Å². The number of hydrogen-bond donors (Lipinski definition) is 0. The topological polar surface area (TPSA) is 63.5 Å². The molecule has 8 heteroatoms. The molecule has 0 unspecified atom stereocenters. The molecule has 156 valence electrons. The summed E-state index contributed by atoms with van der Waals surface area (Å²) < 4.78 is 21.2. The summed E-state index contributed by atoms with van der Waals surface area (Å²) in [5, 5.41) is 8.21. The van der Waals surface area contributed by atoms with Gasteiger partial charge >= 0.3 is 0 Å². The number of rotatable bonds is 6. The van der Waals surface area contributed by atoms with E-state index in [0.717, 1.165) is 5.75 Å². The Morgan fingerprint density at radius 3 is 2.50 bits per heavy atom. The van der Waals surface area contributed by atoms with Gasteiger partial charge in [0.2, 0.25) is 5.91 Å². The van der Waals surface area contributed by atoms with Gasteiger partial charge in [0.25, 0.3) is 0 Å². The summed E-state index contributed by atoms with van der Waals surface area (Å²) >= 11 is 0. The zero-order chi connectivity index (χ0) is 20.9. The number of para-hydroxylation sites is 2. The summed E-state index contributed by atoms with van der Waals surface area (Å²) in [6.45, 7) is 4.35. The van der Waals surface area contributed by atoms with E-state index in [9.17, 15) is 9.18 Å². The van der Waals surface area contributed by atoms with Gasteiger partial charge in [-0.3, -0.25) is 4.79 Å². The number of hydrogen-bond acceptors (Lipinski definition) is 5. The number of piperazine rings is 1. The number of carbonyl (C=O) groups excluding carboxylic acids is 1. The molecule has 1 amide bonds. The van der Waals surface area contributed by atoms with Gasteiger partial charge in [0.1, 0.15) is 29.9 Å². The van der Waals surface area contributed by atoms with Crippen LogP contribution in [0.15, 0.2) is 60.8 Å². The lowest BCUT2D eigenvalue weighted by molar-refractivity contribution is -0.134. The molecular formula is C22H24FN5O2. The smallest absolute Gasteiger partial charge is 0.247 e. The number of anilines is 1. The van der Waals surface area contributed by atoms with Crippen molar-refractivity contribution in [2.24, 2.45) is 0 Å². The molecule has 3 aromatic rings. The van der Waals surface area contributed by atoms with Crippen molar-refractivity contribution in [3.8, 4) is 5.75 Å². The Morgan fingerprint density at radius 2 is 1.77 bits per heavy atom. The molecule has 1 aliphatic heterocycles. The van der Waals surface area contributed by atoms with Crippen LogP contribution >= 0.6 is 0 Å². The SMILES string of the molecule is C[C@H](C(=O)N1CCN(c2ccccc2F)CC1)n1cc(COc2ccccc2)nn1. The number of carbonyl (C=O) groups is 1. The summed E-state index contributed by atoms with van der Waals surface area (Å²) in [6.07, 6.45) is 1.74. The van der Waals surface area contributed by atoms with Gasteiger partial charge in [0.15, 0.2) is 0 Å². The largest absolute Gasteiger partial charge is 0.487 e. The van der Waals surface area contributed by atoms with Crippen molar-refractivity contribution in [2.75, 3.05) is 31.1 Å². The summed E-state index contributed by atoms with van der Waals surface area (Å²) in [5.41, 5.74) is 1.24. The Balaban J connectivity index is 1.32. The number of nitrogens with zero attached hydrogens (tertiary/aromatic N) is 5. The average molecular weight is 409 g/mol. The summed E-state index contributed by atoms with van der Waals surface area (Å²) in [7, 11) is 0. The molecular weight excluding hydrogens is 385 g/mol. The van der Waals surface area contributed by atoms with Crippen LogP contribution in [0.5, 0.6) is 5.75 Å². The fourth-order valence-corrected chi connectivity index (χ4v) is 3.50. The number of amides is 1. The van der Waals surface area contributed by atoms with Crippen molar-refractivity contribution in [3.05, 3.63) is 72.3 Å². The van der Waals surface area contributed by atoms with Crippen molar-refractivity contribution in [1.82, 2.24) is 19.9 Å². The van der Waals surface area contributed by atoms with Crippen LogP contribution in [-0.2, 0) is 11.4 Å². The maximum Gasteiger partial charge on any atom is 0.247 e. The minimum atomic E-state index is -0.469. The van der Waals surface area contributed by atoms with Gasteiger partial charge in [-0.05, 0) is 31.2 Å². The third kappa shape index (κ3) is 4.42. The molecule has 1 fully saturated rings. The zero-order valence-electron chi connectivity index (χ0n) is 16.8. The highest BCUT2D eigenvalue weighted by Crippen LogP contribution is 2.21. The summed E-state index contributed by atoms with van der Waals surface area (Å²) in [5.74, 6) is 0.492. The first-order valence-corrected chi connectivity index (χ1v) is 9.98. The normalized spacial score (nSPS) is 15.1. The second-order valence-electron chi connectivity index (χ2n) is 7.23. The average Bonchev–Trinajstić information content (AvgIpc) is 3.27. The van der Waals surface area contributed by atoms with Crippen LogP contribution in [0.2, 0.25) is 0 Å². The van der Waals surface area contributed by atoms with Crippen molar-refractivity contribution >= 4 is 11.6 Å². The van der Waals surface area contributed by atoms with E-state index in [0.29, 0.717) is 37.6 Å². The van der Waals surface area contributed by atoms with Crippen LogP contribution in [0.25, 0.3) is 0 Å². The highest BCUT2D eigenvalue weighted by molar-refractivity contribution is 5.80. The van der Waals surface area contributed by atoms with E-state index < -0.39 is 6.04 Å². The van der Waals surface area contributed by atoms with E-state index in [1.807, 2.05) is 48.2 Å². The molecule has 0 aliphatic carbocycles. The molecule has 1 aliphatic rings. The zero-order valence-corrected chi connectivity index (χ0v) is 16.8. The monoisotopic (exact) mass is 409 g/mol. The lowest BCUT2D eigenvalue weighted by atomic mass is 10.2. The van der Waals surface area contributed by atoms with Crippen molar-refractivity contribution in [1.29, 1.82) is 0 Å². The highest BCUT2D eigenvalue weighted by atomic mass is 19.1. The number of ether oxygens (including phenoxy) is 1. The van der Waals surface area contributed by atoms with E-state index >= 15 is 0 Å². The Bertz CT molecular complexity index is 986. The van der Waals surface area contributed by atoms with Gasteiger partial charge in [-0.25, -0.2) is 9.07 Å². The molecule has 30 heavy (non-hydrogen) atoms. The van der Waals surface area contributed by atoms with Crippen molar-refractivity contribution in [3.63, 3.8) is 0 Å². The Kier molecular flexibility index (Phi) is 5.92. The first-order valence-electron chi connectivity index (χ1n) is 9.98. The molecule has 0 radical (unpaired) electrons. The van der Waals surface area contributed by atoms with Gasteiger partial charge in [-0.1, -0.05) is 35.5 Å². The maximum atomic E-state index is 14.0. The lowest BCUT2D eigenvalue weighted by Crippen LogP contribution is -2.50. The predicted molar refractivity (Wildman–Crippen MR) is 111 cm³/mol. The summed E-state index contributed by atoms with van der Waals surface area (Å²) in [4.78, 5) is 16.7.